The summed E-state index contributed by atoms with van der Waals surface area (Å²) in [5.74, 6) is 0.336. The number of aliphatic carboxylic acids is 1. The van der Waals surface area contributed by atoms with E-state index in [2.05, 4.69) is 0 Å². The van der Waals surface area contributed by atoms with E-state index in [4.69, 9.17) is 10.2 Å². The second-order valence-corrected chi connectivity index (χ2v) is 5.72. The summed E-state index contributed by atoms with van der Waals surface area (Å²) in [6.45, 7) is 1.44. The Hall–Kier alpha value is -0.950. The van der Waals surface area contributed by atoms with E-state index in [1.54, 1.807) is 4.90 Å². The summed E-state index contributed by atoms with van der Waals surface area (Å²) in [5, 5.41) is 17.9. The van der Waals surface area contributed by atoms with Gasteiger partial charge in [-0.15, -0.1) is 11.8 Å². The molecule has 2 heterocycles. The second-order valence-electron chi connectivity index (χ2n) is 4.72. The third-order valence-corrected chi connectivity index (χ3v) is 4.52. The Morgan fingerprint density at radius 2 is 2.17 bits per heavy atom. The Bertz CT molecular complexity index is 339. The van der Waals surface area contributed by atoms with Crippen molar-refractivity contribution in [1.82, 2.24) is 9.80 Å². The van der Waals surface area contributed by atoms with E-state index < -0.39 is 12.0 Å². The zero-order chi connectivity index (χ0) is 13.1. The molecule has 6 nitrogen and oxygen atoms in total. The number of urea groups is 1. The van der Waals surface area contributed by atoms with Crippen LogP contribution >= 0.6 is 11.8 Å². The van der Waals surface area contributed by atoms with Crippen molar-refractivity contribution in [3.8, 4) is 0 Å². The van der Waals surface area contributed by atoms with Crippen molar-refractivity contribution in [1.29, 1.82) is 0 Å². The highest BCUT2D eigenvalue weighted by atomic mass is 32.2. The number of carbonyl (C=O) groups is 2. The highest BCUT2D eigenvalue weighted by Gasteiger charge is 2.38. The van der Waals surface area contributed by atoms with Crippen molar-refractivity contribution in [2.75, 3.05) is 31.3 Å². The van der Waals surface area contributed by atoms with Gasteiger partial charge in [0.1, 0.15) is 6.04 Å². The van der Waals surface area contributed by atoms with Gasteiger partial charge in [0, 0.05) is 25.4 Å². The Morgan fingerprint density at radius 1 is 1.39 bits per heavy atom. The van der Waals surface area contributed by atoms with Gasteiger partial charge in [0.2, 0.25) is 0 Å². The molecule has 2 fully saturated rings. The van der Waals surface area contributed by atoms with Gasteiger partial charge in [-0.3, -0.25) is 0 Å². The lowest BCUT2D eigenvalue weighted by Crippen LogP contribution is -2.48. The van der Waals surface area contributed by atoms with E-state index >= 15 is 0 Å². The predicted octanol–water partition coefficient (Wildman–Crippen LogP) is 0.270. The van der Waals surface area contributed by atoms with Crippen LogP contribution in [0.25, 0.3) is 0 Å². The summed E-state index contributed by atoms with van der Waals surface area (Å²) < 4.78 is 0. The molecule has 0 bridgehead atoms. The molecule has 2 atom stereocenters. The van der Waals surface area contributed by atoms with E-state index in [0.717, 1.165) is 6.42 Å². The second kappa shape index (κ2) is 5.79. The summed E-state index contributed by atoms with van der Waals surface area (Å²) in [6, 6.07) is -0.868. The van der Waals surface area contributed by atoms with Gasteiger partial charge in [-0.2, -0.15) is 0 Å². The van der Waals surface area contributed by atoms with Crippen LogP contribution in [0.2, 0.25) is 0 Å². The molecule has 102 valence electrons. The van der Waals surface area contributed by atoms with E-state index in [0.29, 0.717) is 37.1 Å². The molecule has 2 N–H and O–H groups in total. The Balaban J connectivity index is 1.93. The van der Waals surface area contributed by atoms with E-state index in [-0.39, 0.29) is 12.6 Å². The van der Waals surface area contributed by atoms with Crippen LogP contribution in [0.15, 0.2) is 0 Å². The Kier molecular flexibility index (Phi) is 4.34. The minimum Gasteiger partial charge on any atom is -0.480 e. The molecular formula is C11H18N2O4S. The van der Waals surface area contributed by atoms with Crippen molar-refractivity contribution in [2.45, 2.75) is 18.9 Å². The Labute approximate surface area is 110 Å². The third kappa shape index (κ3) is 2.72. The maximum atomic E-state index is 12.2. The predicted molar refractivity (Wildman–Crippen MR) is 67.4 cm³/mol. The number of likely N-dealkylation sites (tertiary alicyclic amines) is 1. The largest absolute Gasteiger partial charge is 0.480 e. The zero-order valence-electron chi connectivity index (χ0n) is 10.1. The molecular weight excluding hydrogens is 256 g/mol. The first kappa shape index (κ1) is 13.5. The maximum Gasteiger partial charge on any atom is 0.327 e. The fraction of sp³-hybridized carbons (Fsp3) is 0.818. The van der Waals surface area contributed by atoms with Gasteiger partial charge in [-0.25, -0.2) is 9.59 Å². The zero-order valence-corrected chi connectivity index (χ0v) is 10.9. The van der Waals surface area contributed by atoms with Crippen LogP contribution in [-0.4, -0.2) is 69.4 Å². The summed E-state index contributed by atoms with van der Waals surface area (Å²) in [4.78, 5) is 26.4. The molecule has 0 aromatic carbocycles. The topological polar surface area (TPSA) is 81.1 Å². The molecule has 7 heteroatoms. The number of carbonyl (C=O) groups excluding carboxylic acids is 1. The molecule has 0 aromatic rings. The number of amides is 2. The van der Waals surface area contributed by atoms with Gasteiger partial charge in [-0.1, -0.05) is 0 Å². The molecule has 0 saturated carbocycles. The number of carboxylic acids is 1. The molecule has 2 rings (SSSR count). The number of aliphatic hydroxyl groups is 1. The molecule has 0 aliphatic carbocycles. The van der Waals surface area contributed by atoms with Crippen LogP contribution in [0.4, 0.5) is 4.79 Å². The van der Waals surface area contributed by atoms with Gasteiger partial charge in [0.25, 0.3) is 0 Å². The fourth-order valence-electron chi connectivity index (χ4n) is 2.44. The van der Waals surface area contributed by atoms with Crippen molar-refractivity contribution in [3.63, 3.8) is 0 Å². The first-order valence-electron chi connectivity index (χ1n) is 6.10. The van der Waals surface area contributed by atoms with Crippen LogP contribution < -0.4 is 0 Å². The quantitative estimate of drug-likeness (QED) is 0.772. The average molecular weight is 274 g/mol. The smallest absolute Gasteiger partial charge is 0.327 e. The number of hydrogen-bond acceptors (Lipinski definition) is 4. The molecule has 2 unspecified atom stereocenters. The SMILES string of the molecule is O=C(O)C1CSCN1C(=O)N1CCC(CCO)C1. The van der Waals surface area contributed by atoms with Crippen molar-refractivity contribution in [3.05, 3.63) is 0 Å². The molecule has 2 amide bonds. The minimum absolute atomic E-state index is 0.143. The van der Waals surface area contributed by atoms with Crippen molar-refractivity contribution >= 4 is 23.8 Å². The number of rotatable bonds is 3. The molecule has 2 saturated heterocycles. The number of carboxylic acid groups (broad SMARTS) is 1. The first-order chi connectivity index (χ1) is 8.63. The lowest BCUT2D eigenvalue weighted by Gasteiger charge is -2.26. The maximum absolute atomic E-state index is 12.2. The standard InChI is InChI=1S/C11H18N2O4S/c14-4-2-8-1-3-12(5-8)11(17)13-7-18-6-9(13)10(15)16/h8-9,14H,1-7H2,(H,15,16). The van der Waals surface area contributed by atoms with Crippen LogP contribution in [0.3, 0.4) is 0 Å². The summed E-state index contributed by atoms with van der Waals surface area (Å²) in [6.07, 6.45) is 1.60. The molecule has 0 radical (unpaired) electrons. The van der Waals surface area contributed by atoms with Crippen molar-refractivity contribution in [2.24, 2.45) is 5.92 Å². The third-order valence-electron chi connectivity index (χ3n) is 3.51. The number of aliphatic hydroxyl groups excluding tert-OH is 1. The monoisotopic (exact) mass is 274 g/mol. The molecule has 2 aliphatic rings. The molecule has 0 aromatic heterocycles. The summed E-state index contributed by atoms with van der Waals surface area (Å²) >= 11 is 1.47. The van der Waals surface area contributed by atoms with Gasteiger partial charge in [0.05, 0.1) is 5.88 Å². The van der Waals surface area contributed by atoms with E-state index in [1.807, 2.05) is 0 Å². The highest BCUT2D eigenvalue weighted by Crippen LogP contribution is 2.26. The Morgan fingerprint density at radius 3 is 2.83 bits per heavy atom. The number of thioether (sulfide) groups is 1. The number of hydrogen-bond donors (Lipinski definition) is 2. The fourth-order valence-corrected chi connectivity index (χ4v) is 3.58. The molecule has 0 spiro atoms. The number of nitrogens with zero attached hydrogens (tertiary/aromatic N) is 2. The van der Waals surface area contributed by atoms with Gasteiger partial charge < -0.3 is 20.0 Å². The van der Waals surface area contributed by atoms with Gasteiger partial charge >= 0.3 is 12.0 Å². The highest BCUT2D eigenvalue weighted by molar-refractivity contribution is 7.99. The van der Waals surface area contributed by atoms with Crippen LogP contribution in [0.5, 0.6) is 0 Å². The van der Waals surface area contributed by atoms with Crippen LogP contribution in [-0.2, 0) is 4.79 Å². The lowest BCUT2D eigenvalue weighted by molar-refractivity contribution is -0.140. The first-order valence-corrected chi connectivity index (χ1v) is 7.26. The molecule has 2 aliphatic heterocycles. The van der Waals surface area contributed by atoms with Gasteiger partial charge in [0.15, 0.2) is 0 Å². The average Bonchev–Trinajstić information content (AvgIpc) is 2.96. The van der Waals surface area contributed by atoms with Crippen LogP contribution in [0, 0.1) is 5.92 Å². The molecule has 18 heavy (non-hydrogen) atoms. The lowest BCUT2D eigenvalue weighted by atomic mass is 10.1. The van der Waals surface area contributed by atoms with E-state index in [1.165, 1.54) is 16.7 Å². The minimum atomic E-state index is -0.931. The van der Waals surface area contributed by atoms with E-state index in [9.17, 15) is 9.59 Å². The van der Waals surface area contributed by atoms with Crippen molar-refractivity contribution < 1.29 is 19.8 Å². The van der Waals surface area contributed by atoms with Gasteiger partial charge in [-0.05, 0) is 18.8 Å². The summed E-state index contributed by atoms with van der Waals surface area (Å²) in [5.41, 5.74) is 0. The summed E-state index contributed by atoms with van der Waals surface area (Å²) in [7, 11) is 0. The normalized spacial score (nSPS) is 27.8. The van der Waals surface area contributed by atoms with Crippen LogP contribution in [0.1, 0.15) is 12.8 Å².